The maximum Gasteiger partial charge on any atom is 0.332 e. The summed E-state index contributed by atoms with van der Waals surface area (Å²) in [7, 11) is 2.94. The van der Waals surface area contributed by atoms with Crippen molar-refractivity contribution in [1.29, 1.82) is 0 Å². The normalized spacial score (nSPS) is 11.1. The molecule has 0 amide bonds. The first-order valence-corrected chi connectivity index (χ1v) is 6.42. The molecule has 19 heavy (non-hydrogen) atoms. The van der Waals surface area contributed by atoms with E-state index in [9.17, 15) is 14.4 Å². The maximum absolute atomic E-state index is 12.1. The number of imidazole rings is 1. The molecule has 0 bridgehead atoms. The molecule has 2 heterocycles. The number of hydrogen-bond donors (Lipinski definition) is 1. The Balaban J connectivity index is 2.57. The van der Waals surface area contributed by atoms with Gasteiger partial charge in [0, 0.05) is 14.1 Å². The second-order valence-corrected chi connectivity index (χ2v) is 4.94. The number of thioether (sulfide) groups is 1. The zero-order valence-electron chi connectivity index (χ0n) is 10.5. The Morgan fingerprint density at radius 3 is 2.68 bits per heavy atom. The highest BCUT2D eigenvalue weighted by Gasteiger charge is 2.14. The predicted molar refractivity (Wildman–Crippen MR) is 71.9 cm³/mol. The van der Waals surface area contributed by atoms with Crippen molar-refractivity contribution in [2.75, 3.05) is 6.54 Å². The Kier molecular flexibility index (Phi) is 3.58. The second-order valence-electron chi connectivity index (χ2n) is 3.94. The molecule has 9 heteroatoms. The van der Waals surface area contributed by atoms with Gasteiger partial charge in [0.15, 0.2) is 11.2 Å². The summed E-state index contributed by atoms with van der Waals surface area (Å²) >= 11 is 0.997. The van der Waals surface area contributed by atoms with Gasteiger partial charge in [-0.2, -0.15) is 0 Å². The van der Waals surface area contributed by atoms with Gasteiger partial charge in [0.1, 0.15) is 0 Å². The highest BCUT2D eigenvalue weighted by molar-refractivity contribution is 8.12. The lowest BCUT2D eigenvalue weighted by Gasteiger charge is -2.05. The minimum absolute atomic E-state index is 0.0617. The van der Waals surface area contributed by atoms with Crippen molar-refractivity contribution in [3.8, 4) is 0 Å². The summed E-state index contributed by atoms with van der Waals surface area (Å²) in [5.74, 6) is 0.236. The van der Waals surface area contributed by atoms with Crippen molar-refractivity contribution in [3.63, 3.8) is 0 Å². The highest BCUT2D eigenvalue weighted by Crippen LogP contribution is 2.11. The Labute approximate surface area is 111 Å². The van der Waals surface area contributed by atoms with Gasteiger partial charge in [0.05, 0.1) is 18.7 Å². The fourth-order valence-electron chi connectivity index (χ4n) is 1.70. The summed E-state index contributed by atoms with van der Waals surface area (Å²) in [5.41, 5.74) is 4.94. The first-order valence-electron chi connectivity index (χ1n) is 5.44. The van der Waals surface area contributed by atoms with E-state index in [0.29, 0.717) is 11.2 Å². The van der Waals surface area contributed by atoms with Gasteiger partial charge in [0.25, 0.3) is 5.56 Å². The van der Waals surface area contributed by atoms with Crippen LogP contribution in [-0.2, 0) is 24.8 Å². The molecule has 0 saturated carbocycles. The van der Waals surface area contributed by atoms with E-state index in [1.54, 1.807) is 7.05 Å². The lowest BCUT2D eigenvalue weighted by molar-refractivity contribution is -0.109. The molecule has 8 nitrogen and oxygen atoms in total. The molecule has 0 aromatic carbocycles. The van der Waals surface area contributed by atoms with Gasteiger partial charge in [-0.05, 0) is 0 Å². The molecule has 0 unspecified atom stereocenters. The van der Waals surface area contributed by atoms with Crippen LogP contribution in [0.3, 0.4) is 0 Å². The molecule has 2 aromatic heterocycles. The zero-order valence-corrected chi connectivity index (χ0v) is 11.3. The molecular weight excluding hydrogens is 270 g/mol. The number of rotatable bonds is 3. The van der Waals surface area contributed by atoms with Crippen molar-refractivity contribution >= 4 is 28.0 Å². The smallest absolute Gasteiger partial charge is 0.323 e. The second kappa shape index (κ2) is 5.02. The standard InChI is InChI=1S/C10H13N5O3S/c1-13-8-7(9(17)14(2)10(13)18)15(4-12-8)5-19-6(16)3-11/h4H,3,5,11H2,1-2H3. The van der Waals surface area contributed by atoms with Gasteiger partial charge in [-0.3, -0.25) is 18.7 Å². The summed E-state index contributed by atoms with van der Waals surface area (Å²) in [6.45, 7) is -0.0617. The Morgan fingerprint density at radius 2 is 2.05 bits per heavy atom. The summed E-state index contributed by atoms with van der Waals surface area (Å²) in [5, 5.41) is -0.177. The maximum atomic E-state index is 12.1. The van der Waals surface area contributed by atoms with Gasteiger partial charge >= 0.3 is 5.69 Å². The lowest BCUT2D eigenvalue weighted by atomic mass is 10.5. The van der Waals surface area contributed by atoms with Gasteiger partial charge < -0.3 is 10.3 Å². The van der Waals surface area contributed by atoms with Crippen LogP contribution in [0.4, 0.5) is 0 Å². The van der Waals surface area contributed by atoms with E-state index in [1.165, 1.54) is 22.5 Å². The molecule has 0 radical (unpaired) electrons. The zero-order chi connectivity index (χ0) is 14.2. The van der Waals surface area contributed by atoms with Crippen LogP contribution in [0.5, 0.6) is 0 Å². The molecule has 0 fully saturated rings. The van der Waals surface area contributed by atoms with E-state index >= 15 is 0 Å². The molecule has 2 rings (SSSR count). The van der Waals surface area contributed by atoms with Gasteiger partial charge in [-0.15, -0.1) is 0 Å². The molecule has 2 aromatic rings. The molecule has 2 N–H and O–H groups in total. The number of fused-ring (bicyclic) bond motifs is 1. The molecule has 0 spiro atoms. The fraction of sp³-hybridized carbons (Fsp3) is 0.400. The first-order chi connectivity index (χ1) is 8.97. The number of hydrogen-bond acceptors (Lipinski definition) is 6. The lowest BCUT2D eigenvalue weighted by Crippen LogP contribution is -2.37. The van der Waals surface area contributed by atoms with Crippen molar-refractivity contribution in [2.24, 2.45) is 19.8 Å². The molecular formula is C10H13N5O3S. The quantitative estimate of drug-likeness (QED) is 0.743. The Hall–Kier alpha value is -1.87. The first kappa shape index (κ1) is 13.6. The van der Waals surface area contributed by atoms with Gasteiger partial charge in [-0.25, -0.2) is 9.78 Å². The van der Waals surface area contributed by atoms with Crippen LogP contribution in [0.2, 0.25) is 0 Å². The summed E-state index contributed by atoms with van der Waals surface area (Å²) in [6.07, 6.45) is 1.43. The van der Waals surface area contributed by atoms with Crippen molar-refractivity contribution in [3.05, 3.63) is 27.2 Å². The van der Waals surface area contributed by atoms with Gasteiger partial charge in [-0.1, -0.05) is 11.8 Å². The summed E-state index contributed by atoms with van der Waals surface area (Å²) < 4.78 is 3.84. The van der Waals surface area contributed by atoms with E-state index in [-0.39, 0.29) is 17.5 Å². The van der Waals surface area contributed by atoms with Crippen LogP contribution in [0.1, 0.15) is 0 Å². The Bertz CT molecular complexity index is 757. The van der Waals surface area contributed by atoms with E-state index in [2.05, 4.69) is 4.98 Å². The summed E-state index contributed by atoms with van der Waals surface area (Å²) in [6, 6.07) is 0. The van der Waals surface area contributed by atoms with E-state index in [0.717, 1.165) is 16.3 Å². The van der Waals surface area contributed by atoms with Crippen LogP contribution < -0.4 is 17.0 Å². The number of nitrogens with two attached hydrogens (primary N) is 1. The third-order valence-corrected chi connectivity index (χ3v) is 3.64. The molecule has 102 valence electrons. The number of carbonyl (C=O) groups is 1. The van der Waals surface area contributed by atoms with Crippen LogP contribution in [-0.4, -0.2) is 30.3 Å². The van der Waals surface area contributed by atoms with Crippen LogP contribution in [0.15, 0.2) is 15.9 Å². The molecule has 0 aliphatic rings. The topological polar surface area (TPSA) is 105 Å². The van der Waals surface area contributed by atoms with Gasteiger partial charge in [0.2, 0.25) is 5.12 Å². The van der Waals surface area contributed by atoms with Crippen LogP contribution in [0.25, 0.3) is 11.2 Å². The van der Waals surface area contributed by atoms with E-state index in [4.69, 9.17) is 5.73 Å². The third-order valence-electron chi connectivity index (χ3n) is 2.75. The average molecular weight is 283 g/mol. The molecule has 0 aliphatic carbocycles. The van der Waals surface area contributed by atoms with E-state index < -0.39 is 11.2 Å². The highest BCUT2D eigenvalue weighted by atomic mass is 32.2. The minimum Gasteiger partial charge on any atom is -0.323 e. The third kappa shape index (κ3) is 2.22. The monoisotopic (exact) mass is 283 g/mol. The van der Waals surface area contributed by atoms with Crippen molar-refractivity contribution in [1.82, 2.24) is 18.7 Å². The van der Waals surface area contributed by atoms with E-state index in [1.807, 2.05) is 0 Å². The number of carbonyl (C=O) groups excluding carboxylic acids is 1. The molecule has 0 atom stereocenters. The number of aryl methyl sites for hydroxylation is 1. The Morgan fingerprint density at radius 1 is 1.37 bits per heavy atom. The van der Waals surface area contributed by atoms with Crippen LogP contribution >= 0.6 is 11.8 Å². The number of aromatic nitrogens is 4. The predicted octanol–water partition coefficient (Wildman–Crippen LogP) is -1.39. The summed E-state index contributed by atoms with van der Waals surface area (Å²) in [4.78, 5) is 39.0. The van der Waals surface area contributed by atoms with Crippen molar-refractivity contribution in [2.45, 2.75) is 5.88 Å². The number of nitrogens with zero attached hydrogens (tertiary/aromatic N) is 4. The SMILES string of the molecule is Cn1c(=O)c2c(ncn2CSC(=O)CN)n(C)c1=O. The largest absolute Gasteiger partial charge is 0.332 e. The average Bonchev–Trinajstić information content (AvgIpc) is 2.84. The minimum atomic E-state index is -0.437. The molecule has 0 aliphatic heterocycles. The van der Waals surface area contributed by atoms with Crippen molar-refractivity contribution < 1.29 is 4.79 Å². The van der Waals surface area contributed by atoms with Crippen LogP contribution in [0, 0.1) is 0 Å². The fourth-order valence-corrected chi connectivity index (χ4v) is 2.29. The molecule has 0 saturated heterocycles.